The van der Waals surface area contributed by atoms with E-state index in [1.165, 1.54) is 13.2 Å². The number of amides is 2. The van der Waals surface area contributed by atoms with Gasteiger partial charge in [0.15, 0.2) is 11.6 Å². The molecule has 0 saturated carbocycles. The maximum atomic E-state index is 13.8. The van der Waals surface area contributed by atoms with E-state index in [1.54, 1.807) is 12.1 Å². The predicted octanol–water partition coefficient (Wildman–Crippen LogP) is 3.43. The molecule has 1 aromatic carbocycles. The van der Waals surface area contributed by atoms with Crippen molar-refractivity contribution in [3.05, 3.63) is 29.6 Å². The van der Waals surface area contributed by atoms with E-state index in [4.69, 9.17) is 4.74 Å². The van der Waals surface area contributed by atoms with Crippen molar-refractivity contribution in [3.8, 4) is 5.75 Å². The van der Waals surface area contributed by atoms with Gasteiger partial charge in [-0.3, -0.25) is 0 Å². The lowest BCUT2D eigenvalue weighted by molar-refractivity contribution is 0.180. The van der Waals surface area contributed by atoms with Crippen molar-refractivity contribution in [1.29, 1.82) is 0 Å². The Morgan fingerprint density at radius 1 is 1.50 bits per heavy atom. The first-order chi connectivity index (χ1) is 10.5. The van der Waals surface area contributed by atoms with Crippen LogP contribution in [0, 0.1) is 5.82 Å². The lowest BCUT2D eigenvalue weighted by atomic mass is 10.1. The van der Waals surface area contributed by atoms with Gasteiger partial charge in [-0.15, -0.1) is 0 Å². The normalized spacial score (nSPS) is 20.2. The summed E-state index contributed by atoms with van der Waals surface area (Å²) in [6, 6.07) is 4.66. The monoisotopic (exact) mass is 326 g/mol. The van der Waals surface area contributed by atoms with E-state index in [9.17, 15) is 9.18 Å². The first-order valence-electron chi connectivity index (χ1n) is 7.51. The number of thioether (sulfide) groups is 1. The summed E-state index contributed by atoms with van der Waals surface area (Å²) in [5.74, 6) is 1.84. The first-order valence-corrected chi connectivity index (χ1v) is 8.66. The Labute approximate surface area is 135 Å². The van der Waals surface area contributed by atoms with E-state index in [2.05, 4.69) is 12.2 Å². The quantitative estimate of drug-likeness (QED) is 0.925. The van der Waals surface area contributed by atoms with Crippen LogP contribution in [0.15, 0.2) is 18.2 Å². The second-order valence-electron chi connectivity index (χ2n) is 5.51. The Bertz CT molecular complexity index is 527. The van der Waals surface area contributed by atoms with Crippen LogP contribution in [0.5, 0.6) is 5.75 Å². The zero-order valence-electron chi connectivity index (χ0n) is 13.3. The Morgan fingerprint density at radius 2 is 2.27 bits per heavy atom. The second kappa shape index (κ2) is 7.72. The minimum atomic E-state index is -0.416. The number of urea groups is 1. The second-order valence-corrected chi connectivity index (χ2v) is 6.73. The van der Waals surface area contributed by atoms with Crippen molar-refractivity contribution < 1.29 is 13.9 Å². The number of nitrogens with zero attached hydrogens (tertiary/aromatic N) is 1. The number of hydrogen-bond acceptors (Lipinski definition) is 3. The molecule has 6 heteroatoms. The Balaban J connectivity index is 2.02. The third-order valence-electron chi connectivity index (χ3n) is 3.97. The van der Waals surface area contributed by atoms with E-state index in [0.717, 1.165) is 30.0 Å². The molecule has 1 heterocycles. The van der Waals surface area contributed by atoms with Crippen molar-refractivity contribution in [2.75, 3.05) is 25.2 Å². The topological polar surface area (TPSA) is 41.6 Å². The lowest BCUT2D eigenvalue weighted by Crippen LogP contribution is -2.46. The van der Waals surface area contributed by atoms with Crippen LogP contribution < -0.4 is 10.1 Å². The zero-order valence-corrected chi connectivity index (χ0v) is 14.1. The summed E-state index contributed by atoms with van der Waals surface area (Å²) >= 11 is 1.88. The maximum absolute atomic E-state index is 13.8. The van der Waals surface area contributed by atoms with Gasteiger partial charge in [-0.1, -0.05) is 6.07 Å². The lowest BCUT2D eigenvalue weighted by Gasteiger charge is -2.28. The molecule has 0 bridgehead atoms. The average Bonchev–Trinajstić information content (AvgIpc) is 2.71. The van der Waals surface area contributed by atoms with Crippen molar-refractivity contribution in [2.45, 2.75) is 32.4 Å². The van der Waals surface area contributed by atoms with Crippen LogP contribution >= 0.6 is 11.8 Å². The fraction of sp³-hybridized carbons (Fsp3) is 0.562. The number of nitrogens with one attached hydrogen (secondary N) is 1. The molecule has 1 fully saturated rings. The largest absolute Gasteiger partial charge is 0.494 e. The summed E-state index contributed by atoms with van der Waals surface area (Å²) in [6.45, 7) is 4.68. The highest BCUT2D eigenvalue weighted by molar-refractivity contribution is 7.99. The average molecular weight is 326 g/mol. The summed E-state index contributed by atoms with van der Waals surface area (Å²) in [4.78, 5) is 14.3. The predicted molar refractivity (Wildman–Crippen MR) is 88.0 cm³/mol. The SMILES string of the molecule is COc1ccc([C@H](C)NC(=O)N2CCSCC[C@H]2C)cc1F. The summed E-state index contributed by atoms with van der Waals surface area (Å²) in [5, 5.41) is 2.96. The molecule has 2 amide bonds. The molecular weight excluding hydrogens is 303 g/mol. The van der Waals surface area contributed by atoms with Crippen LogP contribution in [0.25, 0.3) is 0 Å². The minimum absolute atomic E-state index is 0.0845. The first kappa shape index (κ1) is 16.9. The van der Waals surface area contributed by atoms with Gasteiger partial charge >= 0.3 is 6.03 Å². The van der Waals surface area contributed by atoms with E-state index in [0.29, 0.717) is 0 Å². The van der Waals surface area contributed by atoms with Crippen LogP contribution in [-0.4, -0.2) is 42.1 Å². The van der Waals surface area contributed by atoms with Crippen molar-refractivity contribution in [1.82, 2.24) is 10.2 Å². The molecule has 0 radical (unpaired) electrons. The summed E-state index contributed by atoms with van der Waals surface area (Å²) in [7, 11) is 1.43. The summed E-state index contributed by atoms with van der Waals surface area (Å²) < 4.78 is 18.7. The van der Waals surface area contributed by atoms with Gasteiger partial charge in [0.1, 0.15) is 0 Å². The number of methoxy groups -OCH3 is 1. The van der Waals surface area contributed by atoms with Gasteiger partial charge in [-0.2, -0.15) is 11.8 Å². The van der Waals surface area contributed by atoms with Crippen molar-refractivity contribution in [3.63, 3.8) is 0 Å². The molecule has 1 aliphatic rings. The Morgan fingerprint density at radius 3 is 2.95 bits per heavy atom. The van der Waals surface area contributed by atoms with Crippen LogP contribution in [0.2, 0.25) is 0 Å². The van der Waals surface area contributed by atoms with Crippen LogP contribution in [-0.2, 0) is 0 Å². The Hall–Kier alpha value is -1.43. The summed E-state index contributed by atoms with van der Waals surface area (Å²) in [5.41, 5.74) is 0.725. The molecular formula is C16H23FN2O2S. The van der Waals surface area contributed by atoms with Gasteiger partial charge in [0.05, 0.1) is 13.2 Å². The molecule has 122 valence electrons. The van der Waals surface area contributed by atoms with Gasteiger partial charge in [0, 0.05) is 18.3 Å². The number of rotatable bonds is 3. The fourth-order valence-corrected chi connectivity index (χ4v) is 3.54. The number of carbonyl (C=O) groups excluding carboxylic acids is 1. The van der Waals surface area contributed by atoms with E-state index in [-0.39, 0.29) is 23.9 Å². The Kier molecular flexibility index (Phi) is 5.94. The molecule has 0 aliphatic carbocycles. The molecule has 0 spiro atoms. The molecule has 0 aromatic heterocycles. The van der Waals surface area contributed by atoms with Gasteiger partial charge in [-0.25, -0.2) is 9.18 Å². The van der Waals surface area contributed by atoms with Crippen molar-refractivity contribution in [2.24, 2.45) is 0 Å². The van der Waals surface area contributed by atoms with Crippen LogP contribution in [0.3, 0.4) is 0 Å². The molecule has 1 saturated heterocycles. The highest BCUT2D eigenvalue weighted by atomic mass is 32.2. The number of ether oxygens (including phenoxy) is 1. The third-order valence-corrected chi connectivity index (χ3v) is 4.96. The summed E-state index contributed by atoms with van der Waals surface area (Å²) in [6.07, 6.45) is 1.00. The number of benzene rings is 1. The molecule has 22 heavy (non-hydrogen) atoms. The van der Waals surface area contributed by atoms with Crippen LogP contribution in [0.4, 0.5) is 9.18 Å². The molecule has 1 aromatic rings. The molecule has 4 nitrogen and oxygen atoms in total. The number of hydrogen-bond donors (Lipinski definition) is 1. The zero-order chi connectivity index (χ0) is 16.1. The molecule has 2 rings (SSSR count). The number of halogens is 1. The third kappa shape index (κ3) is 4.06. The molecule has 2 atom stereocenters. The van der Waals surface area contributed by atoms with Gasteiger partial charge in [0.2, 0.25) is 0 Å². The smallest absolute Gasteiger partial charge is 0.318 e. The van der Waals surface area contributed by atoms with E-state index in [1.807, 2.05) is 23.6 Å². The van der Waals surface area contributed by atoms with E-state index < -0.39 is 5.82 Å². The van der Waals surface area contributed by atoms with Crippen molar-refractivity contribution >= 4 is 17.8 Å². The number of carbonyl (C=O) groups is 1. The van der Waals surface area contributed by atoms with Crippen LogP contribution in [0.1, 0.15) is 31.9 Å². The standard InChI is InChI=1S/C16H23FN2O2S/c1-11-6-8-22-9-7-19(11)16(20)18-12(2)13-4-5-15(21-3)14(17)10-13/h4-5,10-12H,6-9H2,1-3H3,(H,18,20)/t11-,12+/m1/s1. The maximum Gasteiger partial charge on any atom is 0.318 e. The minimum Gasteiger partial charge on any atom is -0.494 e. The molecule has 1 aliphatic heterocycles. The van der Waals surface area contributed by atoms with Gasteiger partial charge in [0.25, 0.3) is 0 Å². The van der Waals surface area contributed by atoms with E-state index >= 15 is 0 Å². The fourth-order valence-electron chi connectivity index (χ4n) is 2.50. The molecule has 0 unspecified atom stereocenters. The van der Waals surface area contributed by atoms with Gasteiger partial charge in [-0.05, 0) is 43.7 Å². The highest BCUT2D eigenvalue weighted by Crippen LogP contribution is 2.22. The molecule has 1 N–H and O–H groups in total. The van der Waals surface area contributed by atoms with Gasteiger partial charge < -0.3 is 15.0 Å². The highest BCUT2D eigenvalue weighted by Gasteiger charge is 2.23.